The molecule has 4 rings (SSSR count). The van der Waals surface area contributed by atoms with Gasteiger partial charge in [-0.15, -0.1) is 0 Å². The summed E-state index contributed by atoms with van der Waals surface area (Å²) in [6.07, 6.45) is 1.50. The number of carbonyl (C=O) groups excluding carboxylic acids is 2. The molecule has 0 spiro atoms. The molecule has 14 heteroatoms. The summed E-state index contributed by atoms with van der Waals surface area (Å²) in [6, 6.07) is 12.1. The number of esters is 2. The van der Waals surface area contributed by atoms with Gasteiger partial charge < -0.3 is 60.5 Å². The minimum absolute atomic E-state index is 0.103. The maximum atomic E-state index is 12.5. The molecule has 0 radical (unpaired) electrons. The molecule has 4 aromatic carbocycles. The molecule has 0 aliphatic rings. The fraction of sp³-hybridized carbons (Fsp3) is 0.235. The number of aliphatic hydroxyl groups is 2. The molecule has 254 valence electrons. The summed E-state index contributed by atoms with van der Waals surface area (Å²) in [5.74, 6) is -8.44. The number of aromatic hydroxyl groups is 8. The lowest BCUT2D eigenvalue weighted by atomic mass is 9.80. The van der Waals surface area contributed by atoms with Crippen LogP contribution < -0.4 is 9.47 Å². The summed E-state index contributed by atoms with van der Waals surface area (Å²) in [6.45, 7) is -0.371. The van der Waals surface area contributed by atoms with Crippen LogP contribution in [0.2, 0.25) is 0 Å². The molecule has 4 aromatic rings. The summed E-state index contributed by atoms with van der Waals surface area (Å²) < 4.78 is 10.4. The molecule has 0 saturated heterocycles. The molecule has 0 saturated carbocycles. The fourth-order valence-electron chi connectivity index (χ4n) is 5.16. The van der Waals surface area contributed by atoms with Crippen molar-refractivity contribution < 1.29 is 70.1 Å². The van der Waals surface area contributed by atoms with Gasteiger partial charge in [0, 0.05) is 13.2 Å². The molecule has 10 N–H and O–H groups in total. The number of ether oxygens (including phenoxy) is 2. The van der Waals surface area contributed by atoms with Crippen molar-refractivity contribution in [1.82, 2.24) is 0 Å². The highest BCUT2D eigenvalue weighted by atomic mass is 16.5. The van der Waals surface area contributed by atoms with Gasteiger partial charge in [0.2, 0.25) is 0 Å². The Morgan fingerprint density at radius 2 is 0.938 bits per heavy atom. The highest BCUT2D eigenvalue weighted by Crippen LogP contribution is 2.38. The van der Waals surface area contributed by atoms with Crippen LogP contribution in [0.1, 0.15) is 44.7 Å². The van der Waals surface area contributed by atoms with Crippen LogP contribution >= 0.6 is 0 Å². The second-order valence-corrected chi connectivity index (χ2v) is 11.1. The summed E-state index contributed by atoms with van der Waals surface area (Å²) in [5, 5.41) is 98.5. The van der Waals surface area contributed by atoms with Crippen LogP contribution in [0, 0.1) is 11.8 Å². The Balaban J connectivity index is 1.45. The Hall–Kier alpha value is -5.86. The van der Waals surface area contributed by atoms with E-state index in [1.54, 1.807) is 12.1 Å². The molecule has 0 bridgehead atoms. The summed E-state index contributed by atoms with van der Waals surface area (Å²) in [4.78, 5) is 25.0. The van der Waals surface area contributed by atoms with E-state index in [1.165, 1.54) is 24.3 Å². The Morgan fingerprint density at radius 1 is 0.542 bits per heavy atom. The summed E-state index contributed by atoms with van der Waals surface area (Å²) in [7, 11) is 0. The SMILES string of the molecule is O=C(Oc1ccc(C[C@@H](CO)[C@H](CCCO)Cc2ccc(OC(=O)c3cc(O)c(O)c(O)c3)c(O)c2)cc1O)c1cc(O)c(O)c(O)c1. The van der Waals surface area contributed by atoms with Gasteiger partial charge >= 0.3 is 11.9 Å². The van der Waals surface area contributed by atoms with E-state index in [0.717, 1.165) is 24.3 Å². The first-order chi connectivity index (χ1) is 22.8. The Kier molecular flexibility index (Phi) is 11.0. The molecule has 0 amide bonds. The first-order valence-corrected chi connectivity index (χ1v) is 14.6. The summed E-state index contributed by atoms with van der Waals surface area (Å²) in [5.41, 5.74) is 0.631. The van der Waals surface area contributed by atoms with Gasteiger partial charge in [0.15, 0.2) is 57.5 Å². The maximum absolute atomic E-state index is 12.5. The number of hydrogen-bond acceptors (Lipinski definition) is 14. The van der Waals surface area contributed by atoms with Gasteiger partial charge in [-0.1, -0.05) is 12.1 Å². The minimum Gasteiger partial charge on any atom is -0.504 e. The van der Waals surface area contributed by atoms with Crippen LogP contribution in [0.4, 0.5) is 0 Å². The second-order valence-electron chi connectivity index (χ2n) is 11.1. The smallest absolute Gasteiger partial charge is 0.343 e. The standard InChI is InChI=1S/C34H34O14/c35-7-1-2-19(8-17-3-5-29(23(37)10-17)47-33(45)20-12-25(39)31(43)26(40)13-20)22(16-36)9-18-4-6-30(24(38)11-18)48-34(46)21-14-27(41)32(44)28(42)15-21/h3-6,10-15,19,22,35-44H,1-2,7-9,16H2/t19-,22+/m1/s1. The number of hydrogen-bond donors (Lipinski definition) is 10. The molecule has 0 heterocycles. The molecule has 0 fully saturated rings. The van der Waals surface area contributed by atoms with Crippen LogP contribution in [0.15, 0.2) is 60.7 Å². The van der Waals surface area contributed by atoms with Gasteiger partial charge in [-0.3, -0.25) is 0 Å². The van der Waals surface area contributed by atoms with E-state index < -0.39 is 52.2 Å². The molecule has 0 aromatic heterocycles. The van der Waals surface area contributed by atoms with Crippen molar-refractivity contribution >= 4 is 11.9 Å². The quantitative estimate of drug-likeness (QED) is 0.0556. The number of aliphatic hydroxyl groups excluding tert-OH is 2. The number of carbonyl (C=O) groups is 2. The number of benzene rings is 4. The van der Waals surface area contributed by atoms with E-state index in [-0.39, 0.29) is 59.8 Å². The van der Waals surface area contributed by atoms with Crippen molar-refractivity contribution in [3.8, 4) is 57.5 Å². The highest BCUT2D eigenvalue weighted by molar-refractivity contribution is 5.93. The van der Waals surface area contributed by atoms with Crippen LogP contribution in [0.5, 0.6) is 57.5 Å². The third-order valence-electron chi connectivity index (χ3n) is 7.69. The first kappa shape index (κ1) is 35.0. The van der Waals surface area contributed by atoms with Gasteiger partial charge in [0.05, 0.1) is 11.1 Å². The average molecular weight is 667 g/mol. The summed E-state index contributed by atoms with van der Waals surface area (Å²) >= 11 is 0. The van der Waals surface area contributed by atoms with E-state index in [2.05, 4.69) is 0 Å². The second kappa shape index (κ2) is 15.2. The van der Waals surface area contributed by atoms with Crippen LogP contribution in [-0.2, 0) is 12.8 Å². The molecular weight excluding hydrogens is 632 g/mol. The third kappa shape index (κ3) is 8.29. The van der Waals surface area contributed by atoms with Crippen LogP contribution in [0.3, 0.4) is 0 Å². The first-order valence-electron chi connectivity index (χ1n) is 14.6. The highest BCUT2D eigenvalue weighted by Gasteiger charge is 2.24. The lowest BCUT2D eigenvalue weighted by molar-refractivity contribution is 0.0720. The Morgan fingerprint density at radius 3 is 1.29 bits per heavy atom. The Labute approximate surface area is 273 Å². The van der Waals surface area contributed by atoms with Crippen molar-refractivity contribution in [1.29, 1.82) is 0 Å². The Bertz CT molecular complexity index is 1760. The topological polar surface area (TPSA) is 255 Å². The molecule has 2 atom stereocenters. The number of rotatable bonds is 13. The number of phenols is 8. The van der Waals surface area contributed by atoms with Crippen molar-refractivity contribution in [3.63, 3.8) is 0 Å². The monoisotopic (exact) mass is 666 g/mol. The maximum Gasteiger partial charge on any atom is 0.343 e. The zero-order valence-electron chi connectivity index (χ0n) is 25.3. The predicted molar refractivity (Wildman–Crippen MR) is 167 cm³/mol. The largest absolute Gasteiger partial charge is 0.504 e. The van der Waals surface area contributed by atoms with Gasteiger partial charge in [-0.25, -0.2) is 9.59 Å². The van der Waals surface area contributed by atoms with Crippen molar-refractivity contribution in [2.24, 2.45) is 11.8 Å². The zero-order valence-corrected chi connectivity index (χ0v) is 25.3. The zero-order chi connectivity index (χ0) is 35.1. The van der Waals surface area contributed by atoms with E-state index in [9.17, 15) is 60.7 Å². The molecular formula is C34H34O14. The van der Waals surface area contributed by atoms with Gasteiger partial charge in [0.1, 0.15) is 0 Å². The normalized spacial score (nSPS) is 12.3. The van der Waals surface area contributed by atoms with E-state index in [1.807, 2.05) is 0 Å². The minimum atomic E-state index is -1.02. The third-order valence-corrected chi connectivity index (χ3v) is 7.69. The van der Waals surface area contributed by atoms with Gasteiger partial charge in [-0.2, -0.15) is 0 Å². The van der Waals surface area contributed by atoms with Crippen molar-refractivity contribution in [3.05, 3.63) is 82.9 Å². The number of phenolic OH excluding ortho intramolecular Hbond substituents is 8. The van der Waals surface area contributed by atoms with Gasteiger partial charge in [0.25, 0.3) is 0 Å². The van der Waals surface area contributed by atoms with Crippen molar-refractivity contribution in [2.75, 3.05) is 13.2 Å². The fourth-order valence-corrected chi connectivity index (χ4v) is 5.16. The van der Waals surface area contributed by atoms with E-state index in [0.29, 0.717) is 30.4 Å². The molecule has 0 unspecified atom stereocenters. The molecule has 0 aliphatic carbocycles. The lowest BCUT2D eigenvalue weighted by Crippen LogP contribution is -2.23. The van der Waals surface area contributed by atoms with Crippen LogP contribution in [-0.4, -0.2) is 76.2 Å². The molecule has 14 nitrogen and oxygen atoms in total. The molecule has 48 heavy (non-hydrogen) atoms. The average Bonchev–Trinajstić information content (AvgIpc) is 3.05. The molecule has 0 aliphatic heterocycles. The van der Waals surface area contributed by atoms with E-state index >= 15 is 0 Å². The van der Waals surface area contributed by atoms with Crippen LogP contribution in [0.25, 0.3) is 0 Å². The van der Waals surface area contributed by atoms with Crippen molar-refractivity contribution in [2.45, 2.75) is 25.7 Å². The predicted octanol–water partition coefficient (Wildman–Crippen LogP) is 3.55. The lowest BCUT2D eigenvalue weighted by Gasteiger charge is -2.26. The van der Waals surface area contributed by atoms with E-state index in [4.69, 9.17) is 9.47 Å². The van der Waals surface area contributed by atoms with Gasteiger partial charge in [-0.05, 0) is 97.2 Å².